The number of carbonyl (C=O) groups excluding carboxylic acids is 1. The standard InChI is InChI=1S/C17H26N4O/c18-16-10-7-12(11-19-16)17(22)21-15-9-8-14(15)20-13-5-3-1-2-4-6-13/h7,10-11,13-15,20H,1-6,8-9H2,(H2,18,19)(H,21,22)/t14-,15+/m1/s1. The molecular formula is C17H26N4O. The van der Waals surface area contributed by atoms with Crippen molar-refractivity contribution in [1.29, 1.82) is 0 Å². The highest BCUT2D eigenvalue weighted by atomic mass is 16.1. The van der Waals surface area contributed by atoms with Crippen LogP contribution in [-0.2, 0) is 0 Å². The molecule has 0 aliphatic heterocycles. The topological polar surface area (TPSA) is 80.0 Å². The van der Waals surface area contributed by atoms with Gasteiger partial charge in [0.15, 0.2) is 0 Å². The Balaban J connectivity index is 1.50. The van der Waals surface area contributed by atoms with Crippen LogP contribution in [0, 0.1) is 0 Å². The zero-order valence-electron chi connectivity index (χ0n) is 13.1. The average molecular weight is 302 g/mol. The van der Waals surface area contributed by atoms with Crippen molar-refractivity contribution in [1.82, 2.24) is 15.6 Å². The van der Waals surface area contributed by atoms with Gasteiger partial charge in [0.1, 0.15) is 5.82 Å². The maximum atomic E-state index is 12.2. The summed E-state index contributed by atoms with van der Waals surface area (Å²) in [5.41, 5.74) is 6.13. The van der Waals surface area contributed by atoms with E-state index in [1.165, 1.54) is 44.7 Å². The monoisotopic (exact) mass is 302 g/mol. The SMILES string of the molecule is Nc1ccc(C(=O)N[C@H]2CC[C@H]2NC2CCCCCC2)cn1. The van der Waals surface area contributed by atoms with Gasteiger partial charge in [0.2, 0.25) is 0 Å². The van der Waals surface area contributed by atoms with E-state index in [2.05, 4.69) is 15.6 Å². The Kier molecular flexibility index (Phi) is 4.93. The minimum atomic E-state index is -0.0510. The van der Waals surface area contributed by atoms with Gasteiger partial charge in [0, 0.05) is 24.3 Å². The Morgan fingerprint density at radius 2 is 1.77 bits per heavy atom. The number of nitrogens with two attached hydrogens (primary N) is 1. The van der Waals surface area contributed by atoms with Gasteiger partial charge in [-0.05, 0) is 37.8 Å². The van der Waals surface area contributed by atoms with Gasteiger partial charge in [-0.3, -0.25) is 4.79 Å². The molecule has 0 radical (unpaired) electrons. The number of aromatic nitrogens is 1. The first-order chi connectivity index (χ1) is 10.7. The molecule has 0 bridgehead atoms. The predicted octanol–water partition coefficient (Wildman–Crippen LogP) is 2.24. The van der Waals surface area contributed by atoms with E-state index in [1.807, 2.05) is 0 Å². The number of nitrogens with zero attached hydrogens (tertiary/aromatic N) is 1. The minimum absolute atomic E-state index is 0.0510. The number of amides is 1. The van der Waals surface area contributed by atoms with E-state index in [1.54, 1.807) is 12.1 Å². The molecule has 3 rings (SSSR count). The Labute approximate surface area is 132 Å². The van der Waals surface area contributed by atoms with E-state index >= 15 is 0 Å². The van der Waals surface area contributed by atoms with Gasteiger partial charge >= 0.3 is 0 Å². The third-order valence-electron chi connectivity index (χ3n) is 4.94. The summed E-state index contributed by atoms with van der Waals surface area (Å²) in [6, 6.07) is 4.69. The van der Waals surface area contributed by atoms with E-state index in [-0.39, 0.29) is 11.9 Å². The summed E-state index contributed by atoms with van der Waals surface area (Å²) in [5.74, 6) is 0.387. The smallest absolute Gasteiger partial charge is 0.253 e. The summed E-state index contributed by atoms with van der Waals surface area (Å²) in [5, 5.41) is 6.89. The van der Waals surface area contributed by atoms with Crippen LogP contribution >= 0.6 is 0 Å². The van der Waals surface area contributed by atoms with E-state index in [0.29, 0.717) is 23.5 Å². The van der Waals surface area contributed by atoms with E-state index < -0.39 is 0 Å². The molecule has 22 heavy (non-hydrogen) atoms. The number of nitrogen functional groups attached to an aromatic ring is 1. The Morgan fingerprint density at radius 3 is 2.36 bits per heavy atom. The summed E-state index contributed by atoms with van der Waals surface area (Å²) in [6.45, 7) is 0. The maximum Gasteiger partial charge on any atom is 0.253 e. The van der Waals surface area contributed by atoms with Crippen LogP contribution in [0.4, 0.5) is 5.82 Å². The van der Waals surface area contributed by atoms with Gasteiger partial charge in [-0.1, -0.05) is 25.7 Å². The highest BCUT2D eigenvalue weighted by Gasteiger charge is 2.33. The fourth-order valence-electron chi connectivity index (χ4n) is 3.41. The maximum absolute atomic E-state index is 12.2. The number of pyridine rings is 1. The van der Waals surface area contributed by atoms with Crippen molar-refractivity contribution in [3.05, 3.63) is 23.9 Å². The van der Waals surface area contributed by atoms with Gasteiger partial charge in [-0.15, -0.1) is 0 Å². The molecule has 4 N–H and O–H groups in total. The Morgan fingerprint density at radius 1 is 1.05 bits per heavy atom. The second-order valence-corrected chi connectivity index (χ2v) is 6.59. The largest absolute Gasteiger partial charge is 0.384 e. The molecule has 1 aromatic heterocycles. The Bertz CT molecular complexity index is 494. The quantitative estimate of drug-likeness (QED) is 0.745. The van der Waals surface area contributed by atoms with E-state index in [0.717, 1.165) is 12.8 Å². The van der Waals surface area contributed by atoms with Crippen LogP contribution in [0.1, 0.15) is 61.7 Å². The third kappa shape index (κ3) is 3.77. The lowest BCUT2D eigenvalue weighted by Crippen LogP contribution is -2.58. The fourth-order valence-corrected chi connectivity index (χ4v) is 3.41. The molecule has 5 heteroatoms. The van der Waals surface area contributed by atoms with E-state index in [9.17, 15) is 4.79 Å². The average Bonchev–Trinajstić information content (AvgIpc) is 2.78. The van der Waals surface area contributed by atoms with E-state index in [4.69, 9.17) is 5.73 Å². The number of hydrogen-bond donors (Lipinski definition) is 3. The van der Waals surface area contributed by atoms with Gasteiger partial charge < -0.3 is 16.4 Å². The lowest BCUT2D eigenvalue weighted by Gasteiger charge is -2.40. The number of carbonyl (C=O) groups is 1. The Hall–Kier alpha value is -1.62. The second-order valence-electron chi connectivity index (χ2n) is 6.59. The minimum Gasteiger partial charge on any atom is -0.384 e. The molecule has 2 atom stereocenters. The normalized spacial score (nSPS) is 26.0. The highest BCUT2D eigenvalue weighted by molar-refractivity contribution is 5.94. The first kappa shape index (κ1) is 15.3. The molecule has 2 aliphatic carbocycles. The van der Waals surface area contributed by atoms with Crippen LogP contribution in [0.5, 0.6) is 0 Å². The molecule has 2 saturated carbocycles. The van der Waals surface area contributed by atoms with Crippen LogP contribution in [0.2, 0.25) is 0 Å². The second kappa shape index (κ2) is 7.09. The van der Waals surface area contributed by atoms with Crippen LogP contribution in [0.25, 0.3) is 0 Å². The van der Waals surface area contributed by atoms with Crippen molar-refractivity contribution < 1.29 is 4.79 Å². The number of rotatable bonds is 4. The van der Waals surface area contributed by atoms with Crippen molar-refractivity contribution in [2.45, 2.75) is 69.5 Å². The fraction of sp³-hybridized carbons (Fsp3) is 0.647. The van der Waals surface area contributed by atoms with Crippen molar-refractivity contribution in [2.75, 3.05) is 5.73 Å². The van der Waals surface area contributed by atoms with Gasteiger partial charge in [0.25, 0.3) is 5.91 Å². The van der Waals surface area contributed by atoms with Gasteiger partial charge in [-0.2, -0.15) is 0 Å². The summed E-state index contributed by atoms with van der Waals surface area (Å²) >= 11 is 0. The van der Waals surface area contributed by atoms with Crippen molar-refractivity contribution >= 4 is 11.7 Å². The highest BCUT2D eigenvalue weighted by Crippen LogP contribution is 2.24. The number of hydrogen-bond acceptors (Lipinski definition) is 4. The van der Waals surface area contributed by atoms with Crippen molar-refractivity contribution in [3.63, 3.8) is 0 Å². The van der Waals surface area contributed by atoms with Gasteiger partial charge in [-0.25, -0.2) is 4.98 Å². The molecule has 2 aliphatic rings. The molecule has 0 unspecified atom stereocenters. The van der Waals surface area contributed by atoms with Gasteiger partial charge in [0.05, 0.1) is 5.56 Å². The zero-order chi connectivity index (χ0) is 15.4. The molecule has 0 saturated heterocycles. The molecule has 0 aromatic carbocycles. The first-order valence-corrected chi connectivity index (χ1v) is 8.51. The molecule has 1 amide bonds. The summed E-state index contributed by atoms with van der Waals surface area (Å²) in [7, 11) is 0. The van der Waals surface area contributed by atoms with Crippen LogP contribution in [-0.4, -0.2) is 29.0 Å². The van der Waals surface area contributed by atoms with Crippen LogP contribution in [0.15, 0.2) is 18.3 Å². The first-order valence-electron chi connectivity index (χ1n) is 8.51. The lowest BCUT2D eigenvalue weighted by molar-refractivity contribution is 0.0887. The predicted molar refractivity (Wildman–Crippen MR) is 87.6 cm³/mol. The molecule has 1 aromatic rings. The zero-order valence-corrected chi connectivity index (χ0v) is 13.1. The molecule has 5 nitrogen and oxygen atoms in total. The number of anilines is 1. The molecule has 1 heterocycles. The van der Waals surface area contributed by atoms with Crippen molar-refractivity contribution in [2.24, 2.45) is 0 Å². The summed E-state index contributed by atoms with van der Waals surface area (Å²) in [6.07, 6.45) is 11.7. The van der Waals surface area contributed by atoms with Crippen LogP contribution < -0.4 is 16.4 Å². The molecule has 0 spiro atoms. The van der Waals surface area contributed by atoms with Crippen molar-refractivity contribution in [3.8, 4) is 0 Å². The number of nitrogens with one attached hydrogen (secondary N) is 2. The van der Waals surface area contributed by atoms with Crippen LogP contribution in [0.3, 0.4) is 0 Å². The molecule has 2 fully saturated rings. The lowest BCUT2D eigenvalue weighted by atomic mass is 9.85. The molecule has 120 valence electrons. The molecular weight excluding hydrogens is 276 g/mol. The summed E-state index contributed by atoms with van der Waals surface area (Å²) < 4.78 is 0. The summed E-state index contributed by atoms with van der Waals surface area (Å²) in [4.78, 5) is 16.2. The third-order valence-corrected chi connectivity index (χ3v) is 4.94.